The maximum atomic E-state index is 11.6. The third-order valence-corrected chi connectivity index (χ3v) is 9.08. The predicted molar refractivity (Wildman–Crippen MR) is 168 cm³/mol. The molecule has 0 bridgehead atoms. The Bertz CT molecular complexity index is 1460. The second kappa shape index (κ2) is 10.6. The van der Waals surface area contributed by atoms with Crippen LogP contribution >= 0.6 is 0 Å². The Morgan fingerprint density at radius 1 is 0.878 bits per heavy atom. The van der Waals surface area contributed by atoms with E-state index in [0.717, 1.165) is 28.8 Å². The van der Waals surface area contributed by atoms with Crippen molar-refractivity contribution in [2.45, 2.75) is 76.3 Å². The van der Waals surface area contributed by atoms with E-state index in [9.17, 15) is 10.2 Å². The smallest absolute Gasteiger partial charge is 0.458 e. The molecule has 0 radical (unpaired) electrons. The van der Waals surface area contributed by atoms with Crippen LogP contribution in [0.25, 0.3) is 11.1 Å². The lowest BCUT2D eigenvalue weighted by atomic mass is 9.67. The van der Waals surface area contributed by atoms with Crippen molar-refractivity contribution in [2.24, 2.45) is 0 Å². The third kappa shape index (κ3) is 5.56. The van der Waals surface area contributed by atoms with Crippen LogP contribution in [0.5, 0.6) is 5.75 Å². The lowest BCUT2D eigenvalue weighted by Gasteiger charge is -2.52. The minimum absolute atomic E-state index is 0.236. The first kappa shape index (κ1) is 29.4. The van der Waals surface area contributed by atoms with Crippen LogP contribution in [0.2, 0.25) is 0 Å². The van der Waals surface area contributed by atoms with E-state index in [1.165, 1.54) is 11.0 Å². The van der Waals surface area contributed by atoms with E-state index in [2.05, 4.69) is 56.4 Å². The van der Waals surface area contributed by atoms with Gasteiger partial charge in [0.05, 0.1) is 11.2 Å². The molecular formula is C34H40B2O5. The number of ether oxygens (including phenoxy) is 1. The summed E-state index contributed by atoms with van der Waals surface area (Å²) in [5.74, 6) is 1.69. The van der Waals surface area contributed by atoms with Gasteiger partial charge in [-0.3, -0.25) is 0 Å². The van der Waals surface area contributed by atoms with E-state index in [-0.39, 0.29) is 5.92 Å². The summed E-state index contributed by atoms with van der Waals surface area (Å²) in [6, 6.07) is 26.6. The second-order valence-corrected chi connectivity index (χ2v) is 12.8. The van der Waals surface area contributed by atoms with E-state index in [1.54, 1.807) is 27.7 Å². The Hall–Kier alpha value is -3.09. The Morgan fingerprint density at radius 2 is 1.51 bits per heavy atom. The van der Waals surface area contributed by atoms with Gasteiger partial charge >= 0.3 is 7.12 Å². The van der Waals surface area contributed by atoms with Crippen molar-refractivity contribution in [1.29, 1.82) is 0 Å². The van der Waals surface area contributed by atoms with Crippen LogP contribution in [0.15, 0.2) is 102 Å². The second-order valence-electron chi connectivity index (χ2n) is 12.8. The molecule has 212 valence electrons. The fourth-order valence-electron chi connectivity index (χ4n) is 5.86. The van der Waals surface area contributed by atoms with Crippen molar-refractivity contribution in [2.75, 3.05) is 0 Å². The maximum absolute atomic E-state index is 11.6. The molecule has 3 aromatic carbocycles. The summed E-state index contributed by atoms with van der Waals surface area (Å²) in [6.45, 7) is 10.3. The van der Waals surface area contributed by atoms with Gasteiger partial charge in [-0.25, -0.2) is 0 Å². The zero-order chi connectivity index (χ0) is 29.6. The summed E-state index contributed by atoms with van der Waals surface area (Å²) in [4.78, 5) is 0. The van der Waals surface area contributed by atoms with Crippen LogP contribution in [0.1, 0.15) is 59.4 Å². The molecule has 1 saturated heterocycles. The van der Waals surface area contributed by atoms with E-state index in [0.29, 0.717) is 5.75 Å². The van der Waals surface area contributed by atoms with Gasteiger partial charge in [0, 0.05) is 5.92 Å². The molecule has 3 unspecified atom stereocenters. The van der Waals surface area contributed by atoms with Gasteiger partial charge < -0.3 is 24.3 Å². The van der Waals surface area contributed by atoms with Gasteiger partial charge in [-0.05, 0) is 94.4 Å². The Kier molecular flexibility index (Phi) is 7.62. The molecule has 0 saturated carbocycles. The Labute approximate surface area is 245 Å². The van der Waals surface area contributed by atoms with Crippen LogP contribution in [-0.4, -0.2) is 47.6 Å². The van der Waals surface area contributed by atoms with Crippen molar-refractivity contribution < 1.29 is 24.3 Å². The van der Waals surface area contributed by atoms with Gasteiger partial charge in [0.1, 0.15) is 30.6 Å². The van der Waals surface area contributed by atoms with Gasteiger partial charge in [0.25, 0.3) is 0 Å². The molecule has 0 amide bonds. The highest BCUT2D eigenvalue weighted by molar-refractivity contribution is 6.62. The zero-order valence-corrected chi connectivity index (χ0v) is 25.1. The van der Waals surface area contributed by atoms with E-state index >= 15 is 0 Å². The van der Waals surface area contributed by atoms with Gasteiger partial charge in [-0.15, -0.1) is 5.47 Å². The highest BCUT2D eigenvalue weighted by atomic mass is 16.7. The number of rotatable bonds is 7. The first-order valence-corrected chi connectivity index (χ1v) is 14.3. The number of benzene rings is 3. The van der Waals surface area contributed by atoms with Crippen LogP contribution in [0.4, 0.5) is 0 Å². The zero-order valence-electron chi connectivity index (χ0n) is 25.1. The monoisotopic (exact) mass is 550 g/mol. The molecule has 7 heteroatoms. The number of allylic oxidation sites excluding steroid dienone is 3. The van der Waals surface area contributed by atoms with Crippen LogP contribution in [0.3, 0.4) is 0 Å². The van der Waals surface area contributed by atoms with Crippen LogP contribution < -0.4 is 10.2 Å². The van der Waals surface area contributed by atoms with Crippen molar-refractivity contribution in [3.8, 4) is 16.9 Å². The van der Waals surface area contributed by atoms with Gasteiger partial charge in [-0.1, -0.05) is 66.7 Å². The molecule has 1 heterocycles. The summed E-state index contributed by atoms with van der Waals surface area (Å²) in [6.07, 6.45) is 5.22. The average Bonchev–Trinajstić information content (AvgIpc) is 3.18. The number of hydrogen-bond donors (Lipinski definition) is 2. The SMILES string of the molecule is BC1=CC(Oc2cc(B3OC(C)(C)C(C)(C(C)(O)C(C)(C)O)O3)cc(-c3ccccc3)c2)=CC(c2ccccc2)C1. The molecule has 0 aromatic heterocycles. The molecule has 2 aliphatic rings. The van der Waals surface area contributed by atoms with Crippen molar-refractivity contribution in [1.82, 2.24) is 0 Å². The molecule has 41 heavy (non-hydrogen) atoms. The normalized spacial score (nSPS) is 23.9. The summed E-state index contributed by atoms with van der Waals surface area (Å²) in [7, 11) is 1.35. The van der Waals surface area contributed by atoms with Crippen molar-refractivity contribution >= 4 is 20.4 Å². The first-order valence-electron chi connectivity index (χ1n) is 14.3. The van der Waals surface area contributed by atoms with E-state index < -0.39 is 29.5 Å². The lowest BCUT2D eigenvalue weighted by molar-refractivity contribution is -0.231. The predicted octanol–water partition coefficient (Wildman–Crippen LogP) is 5.12. The van der Waals surface area contributed by atoms with Gasteiger partial charge in [-0.2, -0.15) is 0 Å². The lowest BCUT2D eigenvalue weighted by Crippen LogP contribution is -2.69. The van der Waals surface area contributed by atoms with Crippen LogP contribution in [0, 0.1) is 0 Å². The van der Waals surface area contributed by atoms with E-state index in [4.69, 9.17) is 14.0 Å². The highest BCUT2D eigenvalue weighted by Crippen LogP contribution is 2.48. The number of aliphatic hydroxyl groups is 2. The summed E-state index contributed by atoms with van der Waals surface area (Å²) < 4.78 is 19.6. The number of hydrogen-bond acceptors (Lipinski definition) is 5. The summed E-state index contributed by atoms with van der Waals surface area (Å²) in [5.41, 5.74) is 0.0811. The topological polar surface area (TPSA) is 68.2 Å². The maximum Gasteiger partial charge on any atom is 0.495 e. The van der Waals surface area contributed by atoms with Crippen molar-refractivity contribution in [3.63, 3.8) is 0 Å². The van der Waals surface area contributed by atoms with Gasteiger partial charge in [0.2, 0.25) is 0 Å². The molecular weight excluding hydrogens is 510 g/mol. The van der Waals surface area contributed by atoms with E-state index in [1.807, 2.05) is 56.3 Å². The quantitative estimate of drug-likeness (QED) is 0.400. The molecule has 3 atom stereocenters. The van der Waals surface area contributed by atoms with Gasteiger partial charge in [0.15, 0.2) is 0 Å². The molecule has 1 aliphatic heterocycles. The fourth-order valence-corrected chi connectivity index (χ4v) is 5.86. The van der Waals surface area contributed by atoms with Crippen LogP contribution in [-0.2, 0) is 9.31 Å². The molecule has 2 N–H and O–H groups in total. The summed E-state index contributed by atoms with van der Waals surface area (Å²) >= 11 is 0. The molecule has 1 aliphatic carbocycles. The minimum atomic E-state index is -1.61. The Balaban J connectivity index is 1.54. The Morgan fingerprint density at radius 3 is 2.15 bits per heavy atom. The largest absolute Gasteiger partial charge is 0.495 e. The minimum Gasteiger partial charge on any atom is -0.458 e. The molecule has 5 nitrogen and oxygen atoms in total. The standard InChI is InChI=1S/C34H40B2O5/c1-31(2,37)33(5,38)34(6)32(3,4)40-36(41-34)28-18-26(24-15-11-8-12-16-24)20-30(22-28)39-29-19-25(17-27(35)21-29)23-13-9-7-10-14-23/h7-16,18-22,25,37-38H,17,35H2,1-6H3. The average molecular weight is 550 g/mol. The molecule has 3 aromatic rings. The summed E-state index contributed by atoms with van der Waals surface area (Å²) in [5, 5.41) is 22.5. The molecule has 0 spiro atoms. The highest BCUT2D eigenvalue weighted by Gasteiger charge is 2.66. The third-order valence-electron chi connectivity index (χ3n) is 9.08. The van der Waals surface area contributed by atoms with Crippen molar-refractivity contribution in [3.05, 3.63) is 108 Å². The molecule has 1 fully saturated rings. The fraction of sp³-hybridized carbons (Fsp3) is 0.353. The molecule has 5 rings (SSSR count). The first-order chi connectivity index (χ1) is 19.2.